The number of benzene rings is 1. The molecule has 0 unspecified atom stereocenters. The highest BCUT2D eigenvalue weighted by molar-refractivity contribution is 5.75. The highest BCUT2D eigenvalue weighted by Crippen LogP contribution is 2.32. The first kappa shape index (κ1) is 22.1. The van der Waals surface area contributed by atoms with E-state index >= 15 is 0 Å². The monoisotopic (exact) mass is 465 g/mol. The number of halogens is 2. The second kappa shape index (κ2) is 9.26. The number of anilines is 1. The van der Waals surface area contributed by atoms with Gasteiger partial charge >= 0.3 is 0 Å². The van der Waals surface area contributed by atoms with Gasteiger partial charge in [0.05, 0.1) is 11.3 Å². The van der Waals surface area contributed by atoms with Gasteiger partial charge in [-0.15, -0.1) is 5.10 Å². The zero-order valence-electron chi connectivity index (χ0n) is 18.7. The number of aromatic nitrogens is 7. The molecule has 1 aromatic carbocycles. The summed E-state index contributed by atoms with van der Waals surface area (Å²) < 4.78 is 29.3. The fourth-order valence-electron chi connectivity index (χ4n) is 4.45. The molecule has 0 bridgehead atoms. The Morgan fingerprint density at radius 1 is 1.18 bits per heavy atom. The van der Waals surface area contributed by atoms with Crippen molar-refractivity contribution >= 4 is 5.82 Å². The van der Waals surface area contributed by atoms with Crippen LogP contribution in [0, 0.1) is 11.6 Å². The van der Waals surface area contributed by atoms with Gasteiger partial charge in [-0.2, -0.15) is 9.78 Å². The predicted octanol–water partition coefficient (Wildman–Crippen LogP) is 3.56. The van der Waals surface area contributed by atoms with Crippen molar-refractivity contribution in [1.29, 1.82) is 0 Å². The zero-order chi connectivity index (χ0) is 23.7. The van der Waals surface area contributed by atoms with Crippen molar-refractivity contribution in [3.63, 3.8) is 0 Å². The van der Waals surface area contributed by atoms with Gasteiger partial charge in [-0.05, 0) is 73.6 Å². The van der Waals surface area contributed by atoms with E-state index in [1.807, 2.05) is 6.07 Å². The van der Waals surface area contributed by atoms with Crippen LogP contribution in [0.25, 0.3) is 28.3 Å². The minimum Gasteiger partial charge on any atom is -0.383 e. The quantitative estimate of drug-likeness (QED) is 0.447. The Kier molecular flexibility index (Phi) is 6.01. The van der Waals surface area contributed by atoms with Crippen LogP contribution in [0.15, 0.2) is 36.5 Å². The maximum atomic E-state index is 14.4. The highest BCUT2D eigenvalue weighted by atomic mass is 19.2. The first-order valence-corrected chi connectivity index (χ1v) is 11.3. The molecule has 0 aliphatic carbocycles. The Morgan fingerprint density at radius 2 is 2.00 bits per heavy atom. The third-order valence-corrected chi connectivity index (χ3v) is 6.25. The van der Waals surface area contributed by atoms with Crippen molar-refractivity contribution in [1.82, 2.24) is 40.3 Å². The van der Waals surface area contributed by atoms with Crippen LogP contribution >= 0.6 is 0 Å². The molecule has 3 aromatic heterocycles. The minimum absolute atomic E-state index is 0.124. The number of nitrogens with one attached hydrogen (secondary N) is 1. The number of hydrogen-bond acceptors (Lipinski definition) is 7. The number of hydrogen-bond donors (Lipinski definition) is 2. The van der Waals surface area contributed by atoms with Crippen LogP contribution < -0.4 is 5.73 Å². The van der Waals surface area contributed by atoms with Crippen molar-refractivity contribution in [2.45, 2.75) is 32.1 Å². The van der Waals surface area contributed by atoms with Crippen LogP contribution in [-0.4, -0.2) is 59.9 Å². The fraction of sp³-hybridized carbons (Fsp3) is 0.348. The molecule has 5 rings (SSSR count). The van der Waals surface area contributed by atoms with E-state index in [0.717, 1.165) is 54.6 Å². The van der Waals surface area contributed by atoms with E-state index in [0.29, 0.717) is 17.0 Å². The summed E-state index contributed by atoms with van der Waals surface area (Å²) in [5, 5.41) is 19.1. The molecule has 0 radical (unpaired) electrons. The molecule has 1 fully saturated rings. The van der Waals surface area contributed by atoms with Gasteiger partial charge in [0.2, 0.25) is 0 Å². The van der Waals surface area contributed by atoms with E-state index < -0.39 is 11.6 Å². The molecular formula is C23H25F2N9. The summed E-state index contributed by atoms with van der Waals surface area (Å²) in [7, 11) is 0. The number of nitrogens with two attached hydrogens (primary N) is 1. The standard InChI is InChI=1S/C23H25F2N9/c1-2-8-33-9-6-14(7-10-33)18-12-19(29-28-18)15-11-16(22(26)27-13-15)23-30-31-32-34(23)20-5-3-4-17(24)21(20)25/h3-5,11-14H,2,6-10H2,1H3,(H2,26,27)(H,28,29). The summed E-state index contributed by atoms with van der Waals surface area (Å²) in [5.74, 6) is -1.31. The summed E-state index contributed by atoms with van der Waals surface area (Å²) in [6.07, 6.45) is 4.96. The molecule has 9 nitrogen and oxygen atoms in total. The molecule has 176 valence electrons. The van der Waals surface area contributed by atoms with E-state index in [2.05, 4.69) is 42.5 Å². The minimum atomic E-state index is -1.05. The highest BCUT2D eigenvalue weighted by Gasteiger charge is 2.23. The maximum absolute atomic E-state index is 14.4. The van der Waals surface area contributed by atoms with E-state index in [1.54, 1.807) is 12.3 Å². The van der Waals surface area contributed by atoms with Gasteiger partial charge < -0.3 is 10.6 Å². The zero-order valence-corrected chi connectivity index (χ0v) is 18.7. The lowest BCUT2D eigenvalue weighted by Crippen LogP contribution is -2.33. The number of nitrogen functional groups attached to an aromatic ring is 1. The van der Waals surface area contributed by atoms with Crippen LogP contribution in [-0.2, 0) is 0 Å². The Bertz CT molecular complexity index is 1290. The van der Waals surface area contributed by atoms with Gasteiger partial charge in [0.1, 0.15) is 11.5 Å². The molecule has 3 N–H and O–H groups in total. The van der Waals surface area contributed by atoms with Gasteiger partial charge in [0.15, 0.2) is 17.5 Å². The molecule has 1 aliphatic rings. The third-order valence-electron chi connectivity index (χ3n) is 6.25. The topological polar surface area (TPSA) is 114 Å². The van der Waals surface area contributed by atoms with Crippen molar-refractivity contribution in [2.75, 3.05) is 25.4 Å². The van der Waals surface area contributed by atoms with Crippen LogP contribution in [0.2, 0.25) is 0 Å². The van der Waals surface area contributed by atoms with Crippen LogP contribution in [0.1, 0.15) is 37.8 Å². The van der Waals surface area contributed by atoms with E-state index in [1.165, 1.54) is 18.6 Å². The number of tetrazole rings is 1. The Morgan fingerprint density at radius 3 is 2.79 bits per heavy atom. The Hall–Kier alpha value is -3.73. The summed E-state index contributed by atoms with van der Waals surface area (Å²) in [4.78, 5) is 6.77. The van der Waals surface area contributed by atoms with Gasteiger partial charge in [0.25, 0.3) is 0 Å². The Balaban J connectivity index is 1.44. The summed E-state index contributed by atoms with van der Waals surface area (Å²) in [5.41, 5.74) is 8.91. The lowest BCUT2D eigenvalue weighted by atomic mass is 9.93. The van der Waals surface area contributed by atoms with Crippen molar-refractivity contribution in [3.05, 3.63) is 53.9 Å². The summed E-state index contributed by atoms with van der Waals surface area (Å²) in [6, 6.07) is 7.59. The average molecular weight is 466 g/mol. The maximum Gasteiger partial charge on any atom is 0.190 e. The number of pyridine rings is 1. The molecule has 4 aromatic rings. The van der Waals surface area contributed by atoms with Crippen molar-refractivity contribution in [3.8, 4) is 28.3 Å². The number of nitrogens with zero attached hydrogens (tertiary/aromatic N) is 7. The molecular weight excluding hydrogens is 440 g/mol. The molecule has 0 amide bonds. The molecule has 1 aliphatic heterocycles. The second-order valence-corrected chi connectivity index (χ2v) is 8.47. The smallest absolute Gasteiger partial charge is 0.190 e. The molecule has 0 spiro atoms. The third kappa shape index (κ3) is 4.14. The first-order valence-electron chi connectivity index (χ1n) is 11.3. The number of piperidine rings is 1. The molecule has 11 heteroatoms. The van der Waals surface area contributed by atoms with E-state index in [-0.39, 0.29) is 17.3 Å². The molecule has 4 heterocycles. The molecule has 0 atom stereocenters. The average Bonchev–Trinajstić information content (AvgIpc) is 3.52. The molecule has 1 saturated heterocycles. The van der Waals surface area contributed by atoms with Crippen LogP contribution in [0.5, 0.6) is 0 Å². The molecule has 0 saturated carbocycles. The lowest BCUT2D eigenvalue weighted by Gasteiger charge is -2.31. The number of H-pyrrole nitrogens is 1. The second-order valence-electron chi connectivity index (χ2n) is 8.47. The van der Waals surface area contributed by atoms with Gasteiger partial charge in [-0.1, -0.05) is 13.0 Å². The SMILES string of the molecule is CCCN1CCC(c2cc(-c3cnc(N)c(-c4nnnn4-c4cccc(F)c4F)c3)n[nH]2)CC1. The largest absolute Gasteiger partial charge is 0.383 e. The van der Waals surface area contributed by atoms with Gasteiger partial charge in [0, 0.05) is 23.4 Å². The first-order chi connectivity index (χ1) is 16.5. The predicted molar refractivity (Wildman–Crippen MR) is 123 cm³/mol. The van der Waals surface area contributed by atoms with Gasteiger partial charge in [-0.25, -0.2) is 13.8 Å². The van der Waals surface area contributed by atoms with Crippen LogP contribution in [0.3, 0.4) is 0 Å². The Labute approximate surface area is 195 Å². The number of aromatic amines is 1. The van der Waals surface area contributed by atoms with E-state index in [9.17, 15) is 8.78 Å². The molecule has 34 heavy (non-hydrogen) atoms. The summed E-state index contributed by atoms with van der Waals surface area (Å²) in [6.45, 7) is 5.51. The summed E-state index contributed by atoms with van der Waals surface area (Å²) >= 11 is 0. The van der Waals surface area contributed by atoms with Crippen molar-refractivity contribution in [2.24, 2.45) is 0 Å². The normalized spacial score (nSPS) is 15.1. The number of rotatable bonds is 6. The van der Waals surface area contributed by atoms with Gasteiger partial charge in [-0.3, -0.25) is 5.10 Å². The fourth-order valence-corrected chi connectivity index (χ4v) is 4.45. The number of likely N-dealkylation sites (tertiary alicyclic amines) is 1. The van der Waals surface area contributed by atoms with Crippen molar-refractivity contribution < 1.29 is 8.78 Å². The lowest BCUT2D eigenvalue weighted by molar-refractivity contribution is 0.211. The van der Waals surface area contributed by atoms with E-state index in [4.69, 9.17) is 5.73 Å². The van der Waals surface area contributed by atoms with Crippen LogP contribution in [0.4, 0.5) is 14.6 Å².